The molecule has 0 spiro atoms. The summed E-state index contributed by atoms with van der Waals surface area (Å²) in [6.45, 7) is 1.18. The zero-order valence-electron chi connectivity index (χ0n) is 7.70. The highest BCUT2D eigenvalue weighted by atomic mass is 19.4. The molecule has 0 aliphatic carbocycles. The Labute approximate surface area is 83.9 Å². The molecule has 1 aliphatic rings. The quantitative estimate of drug-likeness (QED) is 0.751. The fourth-order valence-electron chi connectivity index (χ4n) is 1.31. The van der Waals surface area contributed by atoms with Crippen molar-refractivity contribution in [2.75, 3.05) is 18.0 Å². The summed E-state index contributed by atoms with van der Waals surface area (Å²) in [5.41, 5.74) is 4.69. The molecule has 2 heterocycles. The van der Waals surface area contributed by atoms with Crippen LogP contribution in [0.2, 0.25) is 0 Å². The standard InChI is InChI=1S/C8H9F3N4/c9-8(10,11)5-1-13-7(14-2-5)15-3-6(12)4-15/h1-2,6H,3-4,12H2. The van der Waals surface area contributed by atoms with Crippen LogP contribution in [-0.4, -0.2) is 29.1 Å². The normalized spacial score (nSPS) is 17.7. The Morgan fingerprint density at radius 2 is 1.80 bits per heavy atom. The number of aromatic nitrogens is 2. The Balaban J connectivity index is 2.11. The van der Waals surface area contributed by atoms with E-state index in [0.29, 0.717) is 19.0 Å². The van der Waals surface area contributed by atoms with Crippen LogP contribution >= 0.6 is 0 Å². The highest BCUT2D eigenvalue weighted by Crippen LogP contribution is 2.28. The fourth-order valence-corrected chi connectivity index (χ4v) is 1.31. The first-order valence-corrected chi connectivity index (χ1v) is 4.36. The summed E-state index contributed by atoms with van der Waals surface area (Å²) >= 11 is 0. The van der Waals surface area contributed by atoms with Gasteiger partial charge in [0, 0.05) is 31.5 Å². The van der Waals surface area contributed by atoms with Gasteiger partial charge in [-0.3, -0.25) is 0 Å². The topological polar surface area (TPSA) is 55.0 Å². The Kier molecular flexibility index (Phi) is 2.26. The fraction of sp³-hybridized carbons (Fsp3) is 0.500. The highest BCUT2D eigenvalue weighted by molar-refractivity contribution is 5.35. The van der Waals surface area contributed by atoms with Crippen LogP contribution in [0.15, 0.2) is 12.4 Å². The first-order valence-electron chi connectivity index (χ1n) is 4.36. The van der Waals surface area contributed by atoms with Crippen LogP contribution in [0.3, 0.4) is 0 Å². The number of hydrogen-bond acceptors (Lipinski definition) is 4. The first kappa shape index (κ1) is 10.2. The van der Waals surface area contributed by atoms with Crippen LogP contribution in [0.25, 0.3) is 0 Å². The second-order valence-corrected chi connectivity index (χ2v) is 3.43. The van der Waals surface area contributed by atoms with Crippen LogP contribution in [-0.2, 0) is 6.18 Å². The monoisotopic (exact) mass is 218 g/mol. The zero-order valence-corrected chi connectivity index (χ0v) is 7.70. The third kappa shape index (κ3) is 2.01. The number of anilines is 1. The van der Waals surface area contributed by atoms with Crippen LogP contribution in [0.1, 0.15) is 5.56 Å². The molecule has 4 nitrogen and oxygen atoms in total. The van der Waals surface area contributed by atoms with Gasteiger partial charge in [-0.1, -0.05) is 0 Å². The van der Waals surface area contributed by atoms with Gasteiger partial charge in [-0.25, -0.2) is 9.97 Å². The Hall–Kier alpha value is -1.37. The second-order valence-electron chi connectivity index (χ2n) is 3.43. The third-order valence-corrected chi connectivity index (χ3v) is 2.16. The van der Waals surface area contributed by atoms with Gasteiger partial charge in [0.25, 0.3) is 0 Å². The van der Waals surface area contributed by atoms with Gasteiger partial charge in [-0.15, -0.1) is 0 Å². The maximum absolute atomic E-state index is 12.2. The minimum absolute atomic E-state index is 0.0656. The van der Waals surface area contributed by atoms with Crippen LogP contribution in [0.4, 0.5) is 19.1 Å². The molecule has 0 saturated carbocycles. The molecule has 1 aromatic rings. The molecule has 1 aliphatic heterocycles. The minimum atomic E-state index is -4.39. The Morgan fingerprint density at radius 1 is 1.27 bits per heavy atom. The molecule has 0 aromatic carbocycles. The van der Waals surface area contributed by atoms with Crippen molar-refractivity contribution in [1.29, 1.82) is 0 Å². The molecule has 1 fully saturated rings. The second kappa shape index (κ2) is 3.34. The average Bonchev–Trinajstić information content (AvgIpc) is 2.12. The van der Waals surface area contributed by atoms with Crippen LogP contribution in [0, 0.1) is 0 Å². The minimum Gasteiger partial charge on any atom is -0.338 e. The predicted octanol–water partition coefficient (Wildman–Crippen LogP) is 0.643. The average molecular weight is 218 g/mol. The van der Waals surface area contributed by atoms with Crippen molar-refractivity contribution in [2.45, 2.75) is 12.2 Å². The van der Waals surface area contributed by atoms with Gasteiger partial charge in [0.1, 0.15) is 0 Å². The van der Waals surface area contributed by atoms with E-state index >= 15 is 0 Å². The summed E-state index contributed by atoms with van der Waals surface area (Å²) in [4.78, 5) is 9.01. The molecule has 1 saturated heterocycles. The SMILES string of the molecule is NC1CN(c2ncc(C(F)(F)F)cn2)C1. The van der Waals surface area contributed by atoms with Gasteiger partial charge < -0.3 is 10.6 Å². The zero-order chi connectivity index (χ0) is 11.1. The maximum Gasteiger partial charge on any atom is 0.419 e. The lowest BCUT2D eigenvalue weighted by atomic mass is 10.1. The van der Waals surface area contributed by atoms with Crippen molar-refractivity contribution >= 4 is 5.95 Å². The molecule has 0 amide bonds. The lowest BCUT2D eigenvalue weighted by Gasteiger charge is -2.36. The van der Waals surface area contributed by atoms with Crippen molar-refractivity contribution in [2.24, 2.45) is 5.73 Å². The van der Waals surface area contributed by atoms with Gasteiger partial charge in [-0.05, 0) is 0 Å². The molecular weight excluding hydrogens is 209 g/mol. The molecule has 0 bridgehead atoms. The van der Waals surface area contributed by atoms with Crippen molar-refractivity contribution in [1.82, 2.24) is 9.97 Å². The summed E-state index contributed by atoms with van der Waals surface area (Å²) < 4.78 is 36.5. The van der Waals surface area contributed by atoms with E-state index in [4.69, 9.17) is 5.73 Å². The van der Waals surface area contributed by atoms with Gasteiger partial charge in [-0.2, -0.15) is 13.2 Å². The molecule has 0 unspecified atom stereocenters. The number of halogens is 3. The van der Waals surface area contributed by atoms with E-state index in [2.05, 4.69) is 9.97 Å². The van der Waals surface area contributed by atoms with Gasteiger partial charge in [0.2, 0.25) is 5.95 Å². The van der Waals surface area contributed by atoms with Crippen LogP contribution in [0.5, 0.6) is 0 Å². The number of hydrogen-bond donors (Lipinski definition) is 1. The van der Waals surface area contributed by atoms with E-state index in [1.807, 2.05) is 0 Å². The molecule has 15 heavy (non-hydrogen) atoms. The molecule has 7 heteroatoms. The lowest BCUT2D eigenvalue weighted by Crippen LogP contribution is -2.56. The number of rotatable bonds is 1. The summed E-state index contributed by atoms with van der Waals surface area (Å²) in [5.74, 6) is 0.296. The van der Waals surface area contributed by atoms with Crippen LogP contribution < -0.4 is 10.6 Å². The van der Waals surface area contributed by atoms with Crippen molar-refractivity contribution in [3.63, 3.8) is 0 Å². The molecular formula is C8H9F3N4. The Morgan fingerprint density at radius 3 is 2.20 bits per heavy atom. The maximum atomic E-state index is 12.2. The van der Waals surface area contributed by atoms with E-state index in [1.54, 1.807) is 4.90 Å². The van der Waals surface area contributed by atoms with Crippen molar-refractivity contribution < 1.29 is 13.2 Å². The van der Waals surface area contributed by atoms with E-state index in [1.165, 1.54) is 0 Å². The molecule has 0 radical (unpaired) electrons. The number of alkyl halides is 3. The third-order valence-electron chi connectivity index (χ3n) is 2.16. The smallest absolute Gasteiger partial charge is 0.338 e. The summed E-state index contributed by atoms with van der Waals surface area (Å²) in [7, 11) is 0. The Bertz CT molecular complexity index is 342. The van der Waals surface area contributed by atoms with E-state index in [0.717, 1.165) is 12.4 Å². The molecule has 82 valence electrons. The summed E-state index contributed by atoms with van der Waals surface area (Å²) in [5, 5.41) is 0. The predicted molar refractivity (Wildman–Crippen MR) is 47.2 cm³/mol. The summed E-state index contributed by atoms with van der Waals surface area (Å²) in [6, 6.07) is 0.0656. The lowest BCUT2D eigenvalue weighted by molar-refractivity contribution is -0.138. The van der Waals surface area contributed by atoms with Gasteiger partial charge >= 0.3 is 6.18 Å². The van der Waals surface area contributed by atoms with Gasteiger partial charge in [0.15, 0.2) is 0 Å². The van der Waals surface area contributed by atoms with Gasteiger partial charge in [0.05, 0.1) is 5.56 Å². The highest BCUT2D eigenvalue weighted by Gasteiger charge is 2.32. The number of nitrogens with two attached hydrogens (primary N) is 1. The number of nitrogens with zero attached hydrogens (tertiary/aromatic N) is 3. The van der Waals surface area contributed by atoms with Crippen molar-refractivity contribution in [3.05, 3.63) is 18.0 Å². The first-order chi connectivity index (χ1) is 6.97. The molecule has 0 atom stereocenters. The van der Waals surface area contributed by atoms with E-state index in [9.17, 15) is 13.2 Å². The molecule has 2 N–H and O–H groups in total. The van der Waals surface area contributed by atoms with E-state index < -0.39 is 11.7 Å². The summed E-state index contributed by atoms with van der Waals surface area (Å²) in [6.07, 6.45) is -2.82. The largest absolute Gasteiger partial charge is 0.419 e. The van der Waals surface area contributed by atoms with Crippen molar-refractivity contribution in [3.8, 4) is 0 Å². The van der Waals surface area contributed by atoms with E-state index in [-0.39, 0.29) is 6.04 Å². The molecule has 1 aromatic heterocycles. The molecule has 2 rings (SSSR count).